The van der Waals surface area contributed by atoms with Gasteiger partial charge in [0, 0.05) is 6.54 Å². The molecule has 82 valence electrons. The van der Waals surface area contributed by atoms with Crippen molar-refractivity contribution >= 4 is 0 Å². The summed E-state index contributed by atoms with van der Waals surface area (Å²) in [4.78, 5) is 2.37. The highest BCUT2D eigenvalue weighted by molar-refractivity contribution is 5.12. The minimum Gasteiger partial charge on any atom is -0.367 e. The maximum absolute atomic E-state index is 5.78. The molecule has 1 heterocycles. The van der Waals surface area contributed by atoms with Crippen molar-refractivity contribution in [1.29, 1.82) is 0 Å². The smallest absolute Gasteiger partial charge is 0.0779 e. The molecule has 0 aliphatic carbocycles. The van der Waals surface area contributed by atoms with Crippen molar-refractivity contribution in [3.05, 3.63) is 11.6 Å². The van der Waals surface area contributed by atoms with Crippen LogP contribution in [0.2, 0.25) is 0 Å². The van der Waals surface area contributed by atoms with Crippen molar-refractivity contribution in [2.45, 2.75) is 45.8 Å². The second kappa shape index (κ2) is 5.52. The first kappa shape index (κ1) is 11.7. The molecule has 2 heteroatoms. The van der Waals surface area contributed by atoms with Crippen LogP contribution in [0.5, 0.6) is 0 Å². The molecule has 0 amide bonds. The lowest BCUT2D eigenvalue weighted by atomic mass is 10.1. The van der Waals surface area contributed by atoms with E-state index in [0.717, 1.165) is 13.0 Å². The van der Waals surface area contributed by atoms with Gasteiger partial charge in [0.25, 0.3) is 0 Å². The number of nitrogens with zero attached hydrogens (tertiary/aromatic N) is 1. The number of hydrogen-bond acceptors (Lipinski definition) is 2. The lowest BCUT2D eigenvalue weighted by Gasteiger charge is -2.18. The molecule has 0 aromatic heterocycles. The van der Waals surface area contributed by atoms with Crippen molar-refractivity contribution in [2.75, 3.05) is 20.1 Å². The Morgan fingerprint density at radius 1 is 1.43 bits per heavy atom. The van der Waals surface area contributed by atoms with E-state index in [9.17, 15) is 0 Å². The van der Waals surface area contributed by atoms with Crippen LogP contribution in [0.4, 0.5) is 0 Å². The van der Waals surface area contributed by atoms with Gasteiger partial charge in [0.15, 0.2) is 0 Å². The van der Waals surface area contributed by atoms with Gasteiger partial charge < -0.3 is 9.64 Å². The van der Waals surface area contributed by atoms with Crippen LogP contribution in [-0.2, 0) is 4.74 Å². The van der Waals surface area contributed by atoms with E-state index in [0.29, 0.717) is 12.2 Å². The molecule has 0 fully saturated rings. The highest BCUT2D eigenvalue weighted by Gasteiger charge is 2.20. The van der Waals surface area contributed by atoms with Crippen LogP contribution in [0.3, 0.4) is 0 Å². The second-order valence-corrected chi connectivity index (χ2v) is 4.32. The molecular formula is C12H23NO. The van der Waals surface area contributed by atoms with Crippen LogP contribution < -0.4 is 0 Å². The number of ether oxygens (including phenoxy) is 1. The van der Waals surface area contributed by atoms with E-state index in [1.165, 1.54) is 18.5 Å². The average molecular weight is 197 g/mol. The summed E-state index contributed by atoms with van der Waals surface area (Å²) in [6.45, 7) is 8.82. The normalized spacial score (nSPS) is 27.1. The first-order valence-electron chi connectivity index (χ1n) is 5.65. The Morgan fingerprint density at radius 2 is 2.14 bits per heavy atom. The zero-order chi connectivity index (χ0) is 10.6. The Labute approximate surface area is 87.9 Å². The van der Waals surface area contributed by atoms with Gasteiger partial charge in [0.1, 0.15) is 0 Å². The molecule has 1 aliphatic rings. The van der Waals surface area contributed by atoms with E-state index in [1.807, 2.05) is 0 Å². The molecular weight excluding hydrogens is 174 g/mol. The summed E-state index contributed by atoms with van der Waals surface area (Å²) in [5.41, 5.74) is 1.38. The zero-order valence-corrected chi connectivity index (χ0v) is 9.92. The molecule has 2 nitrogen and oxygen atoms in total. The summed E-state index contributed by atoms with van der Waals surface area (Å²) >= 11 is 0. The molecule has 0 radical (unpaired) electrons. The van der Waals surface area contributed by atoms with Gasteiger partial charge in [0.05, 0.1) is 12.2 Å². The summed E-state index contributed by atoms with van der Waals surface area (Å²) < 4.78 is 5.78. The van der Waals surface area contributed by atoms with Crippen molar-refractivity contribution in [1.82, 2.24) is 4.90 Å². The van der Waals surface area contributed by atoms with Gasteiger partial charge >= 0.3 is 0 Å². The van der Waals surface area contributed by atoms with E-state index < -0.39 is 0 Å². The monoisotopic (exact) mass is 197 g/mol. The van der Waals surface area contributed by atoms with Crippen molar-refractivity contribution < 1.29 is 4.74 Å². The van der Waals surface area contributed by atoms with E-state index in [1.54, 1.807) is 0 Å². The van der Waals surface area contributed by atoms with E-state index in [-0.39, 0.29) is 0 Å². The minimum atomic E-state index is 0.330. The number of rotatable bonds is 5. The van der Waals surface area contributed by atoms with E-state index >= 15 is 0 Å². The van der Waals surface area contributed by atoms with Gasteiger partial charge in [0.2, 0.25) is 0 Å². The number of hydrogen-bond donors (Lipinski definition) is 0. The fourth-order valence-electron chi connectivity index (χ4n) is 1.83. The Kier molecular flexibility index (Phi) is 4.63. The Morgan fingerprint density at radius 3 is 2.64 bits per heavy atom. The third-order valence-electron chi connectivity index (χ3n) is 2.87. The molecule has 2 unspecified atom stereocenters. The van der Waals surface area contributed by atoms with Gasteiger partial charge in [-0.3, -0.25) is 0 Å². The van der Waals surface area contributed by atoms with Gasteiger partial charge in [-0.15, -0.1) is 0 Å². The molecule has 0 aromatic rings. The predicted molar refractivity (Wildman–Crippen MR) is 60.5 cm³/mol. The van der Waals surface area contributed by atoms with Gasteiger partial charge in [-0.1, -0.05) is 13.0 Å². The largest absolute Gasteiger partial charge is 0.367 e. The lowest BCUT2D eigenvalue weighted by molar-refractivity contribution is 0.0571. The third-order valence-corrected chi connectivity index (χ3v) is 2.87. The van der Waals surface area contributed by atoms with Crippen LogP contribution in [0.1, 0.15) is 33.6 Å². The highest BCUT2D eigenvalue weighted by Crippen LogP contribution is 2.20. The van der Waals surface area contributed by atoms with Crippen molar-refractivity contribution in [2.24, 2.45) is 0 Å². The van der Waals surface area contributed by atoms with Crippen LogP contribution >= 0.6 is 0 Å². The molecule has 0 saturated heterocycles. The average Bonchev–Trinajstić information content (AvgIpc) is 2.44. The Balaban J connectivity index is 2.20. The molecule has 0 aromatic carbocycles. The maximum atomic E-state index is 5.78. The van der Waals surface area contributed by atoms with E-state index in [4.69, 9.17) is 4.74 Å². The van der Waals surface area contributed by atoms with E-state index in [2.05, 4.69) is 38.8 Å². The fourth-order valence-corrected chi connectivity index (χ4v) is 1.83. The predicted octanol–water partition coefficient (Wildman–Crippen LogP) is 2.45. The van der Waals surface area contributed by atoms with Crippen LogP contribution in [-0.4, -0.2) is 37.2 Å². The summed E-state index contributed by atoms with van der Waals surface area (Å²) in [5.74, 6) is 0. The molecule has 14 heavy (non-hydrogen) atoms. The van der Waals surface area contributed by atoms with Gasteiger partial charge in [-0.05, 0) is 45.9 Å². The fraction of sp³-hybridized carbons (Fsp3) is 0.833. The molecule has 2 atom stereocenters. The Bertz CT molecular complexity index is 200. The molecule has 0 bridgehead atoms. The van der Waals surface area contributed by atoms with Gasteiger partial charge in [-0.2, -0.15) is 0 Å². The first-order chi connectivity index (χ1) is 6.63. The van der Waals surface area contributed by atoms with Crippen LogP contribution in [0, 0.1) is 0 Å². The van der Waals surface area contributed by atoms with Gasteiger partial charge in [-0.25, -0.2) is 0 Å². The van der Waals surface area contributed by atoms with Crippen LogP contribution in [0.25, 0.3) is 0 Å². The van der Waals surface area contributed by atoms with Crippen molar-refractivity contribution in [3.63, 3.8) is 0 Å². The molecule has 1 rings (SSSR count). The SMILES string of the molecule is CCCN(C)CCC1C=C(C)C(C)O1. The highest BCUT2D eigenvalue weighted by atomic mass is 16.5. The zero-order valence-electron chi connectivity index (χ0n) is 9.92. The minimum absolute atomic E-state index is 0.330. The molecule has 1 aliphatic heterocycles. The summed E-state index contributed by atoms with van der Waals surface area (Å²) in [6.07, 6.45) is 5.30. The van der Waals surface area contributed by atoms with Crippen LogP contribution in [0.15, 0.2) is 11.6 Å². The topological polar surface area (TPSA) is 12.5 Å². The molecule has 0 spiro atoms. The summed E-state index contributed by atoms with van der Waals surface area (Å²) in [5, 5.41) is 0. The van der Waals surface area contributed by atoms with Crippen molar-refractivity contribution in [3.8, 4) is 0 Å². The Hall–Kier alpha value is -0.340. The maximum Gasteiger partial charge on any atom is 0.0779 e. The molecule has 0 N–H and O–H groups in total. The third kappa shape index (κ3) is 3.43. The summed E-state index contributed by atoms with van der Waals surface area (Å²) in [6, 6.07) is 0. The molecule has 0 saturated carbocycles. The lowest BCUT2D eigenvalue weighted by Crippen LogP contribution is -2.24. The standard InChI is InChI=1S/C12H23NO/c1-5-7-13(4)8-6-12-9-10(2)11(3)14-12/h9,11-12H,5-8H2,1-4H3. The first-order valence-corrected chi connectivity index (χ1v) is 5.65. The second-order valence-electron chi connectivity index (χ2n) is 4.32. The summed E-state index contributed by atoms with van der Waals surface area (Å²) in [7, 11) is 2.18. The quantitative estimate of drug-likeness (QED) is 0.628.